The van der Waals surface area contributed by atoms with Gasteiger partial charge in [0.1, 0.15) is 11.6 Å². The number of benzene rings is 3. The normalized spacial score (nSPS) is 11.6. The number of hydrogen-bond acceptors (Lipinski definition) is 2. The van der Waals surface area contributed by atoms with Crippen molar-refractivity contribution in [3.63, 3.8) is 0 Å². The van der Waals surface area contributed by atoms with E-state index in [0.29, 0.717) is 11.6 Å². The predicted octanol–water partition coefficient (Wildman–Crippen LogP) is 5.12. The molecule has 2 N–H and O–H groups in total. The fourth-order valence-electron chi connectivity index (χ4n) is 2.80. The molecule has 0 aliphatic rings. The SMILES string of the molecule is O=C(CC(NC(=O)c1ccccc1Cl)c1ccccc1)Nc1ccc(F)cc1F. The van der Waals surface area contributed by atoms with E-state index in [1.165, 1.54) is 0 Å². The van der Waals surface area contributed by atoms with Gasteiger partial charge in [0.15, 0.2) is 0 Å². The number of amides is 2. The van der Waals surface area contributed by atoms with E-state index < -0.39 is 29.5 Å². The Bertz CT molecular complexity index is 1030. The van der Waals surface area contributed by atoms with Gasteiger partial charge < -0.3 is 10.6 Å². The maximum Gasteiger partial charge on any atom is 0.253 e. The van der Waals surface area contributed by atoms with Gasteiger partial charge in [-0.1, -0.05) is 54.1 Å². The van der Waals surface area contributed by atoms with Crippen molar-refractivity contribution < 1.29 is 18.4 Å². The maximum atomic E-state index is 13.8. The summed E-state index contributed by atoms with van der Waals surface area (Å²) >= 11 is 6.08. The second-order valence-corrected chi connectivity index (χ2v) is 6.70. The van der Waals surface area contributed by atoms with Gasteiger partial charge in [-0.2, -0.15) is 0 Å². The molecule has 0 heterocycles. The van der Waals surface area contributed by atoms with Gasteiger partial charge >= 0.3 is 0 Å². The number of nitrogens with one attached hydrogen (secondary N) is 2. The van der Waals surface area contributed by atoms with Crippen LogP contribution < -0.4 is 10.6 Å². The molecule has 148 valence electrons. The summed E-state index contributed by atoms with van der Waals surface area (Å²) in [6.45, 7) is 0. The summed E-state index contributed by atoms with van der Waals surface area (Å²) in [5.41, 5.74) is 0.836. The second-order valence-electron chi connectivity index (χ2n) is 6.29. The number of carbonyl (C=O) groups is 2. The summed E-state index contributed by atoms with van der Waals surface area (Å²) in [5, 5.41) is 5.48. The second kappa shape index (κ2) is 9.30. The Morgan fingerprint density at radius 3 is 2.31 bits per heavy atom. The number of halogens is 3. The van der Waals surface area contributed by atoms with Crippen LogP contribution in [0.3, 0.4) is 0 Å². The smallest absolute Gasteiger partial charge is 0.253 e. The third kappa shape index (κ3) is 5.39. The first kappa shape index (κ1) is 20.5. The monoisotopic (exact) mass is 414 g/mol. The molecule has 4 nitrogen and oxygen atoms in total. The highest BCUT2D eigenvalue weighted by molar-refractivity contribution is 6.33. The molecule has 3 aromatic rings. The van der Waals surface area contributed by atoms with Gasteiger partial charge in [-0.15, -0.1) is 0 Å². The van der Waals surface area contributed by atoms with Gasteiger partial charge in [0, 0.05) is 6.07 Å². The van der Waals surface area contributed by atoms with Crippen LogP contribution in [0.15, 0.2) is 72.8 Å². The van der Waals surface area contributed by atoms with Crippen molar-refractivity contribution in [2.24, 2.45) is 0 Å². The van der Waals surface area contributed by atoms with Crippen molar-refractivity contribution >= 4 is 29.1 Å². The number of hydrogen-bond donors (Lipinski definition) is 2. The highest BCUT2D eigenvalue weighted by atomic mass is 35.5. The molecule has 1 atom stereocenters. The summed E-state index contributed by atoms with van der Waals surface area (Å²) in [6.07, 6.45) is -0.156. The summed E-state index contributed by atoms with van der Waals surface area (Å²) in [6, 6.07) is 17.7. The predicted molar refractivity (Wildman–Crippen MR) is 108 cm³/mol. The summed E-state index contributed by atoms with van der Waals surface area (Å²) in [7, 11) is 0. The lowest BCUT2D eigenvalue weighted by Crippen LogP contribution is -2.31. The minimum atomic E-state index is -0.880. The Balaban J connectivity index is 1.78. The zero-order valence-electron chi connectivity index (χ0n) is 15.2. The zero-order valence-corrected chi connectivity index (χ0v) is 15.9. The van der Waals surface area contributed by atoms with E-state index in [4.69, 9.17) is 11.6 Å². The molecule has 0 aromatic heterocycles. The fraction of sp³-hybridized carbons (Fsp3) is 0.0909. The van der Waals surface area contributed by atoms with Gasteiger partial charge in [0.05, 0.1) is 28.7 Å². The van der Waals surface area contributed by atoms with E-state index in [1.54, 1.807) is 48.5 Å². The molecule has 3 aromatic carbocycles. The van der Waals surface area contributed by atoms with Crippen molar-refractivity contribution in [1.29, 1.82) is 0 Å². The molecular weight excluding hydrogens is 398 g/mol. The molecule has 7 heteroatoms. The topological polar surface area (TPSA) is 58.2 Å². The lowest BCUT2D eigenvalue weighted by Gasteiger charge is -2.19. The summed E-state index contributed by atoms with van der Waals surface area (Å²) < 4.78 is 26.9. The van der Waals surface area contributed by atoms with Crippen molar-refractivity contribution in [1.82, 2.24) is 5.32 Å². The van der Waals surface area contributed by atoms with Crippen LogP contribution in [0.5, 0.6) is 0 Å². The standard InChI is InChI=1S/C22H17ClF2N2O2/c23-17-9-5-4-8-16(17)22(29)27-20(14-6-2-1-3-7-14)13-21(28)26-19-11-10-15(24)12-18(19)25/h1-12,20H,13H2,(H,26,28)(H,27,29). The van der Waals surface area contributed by atoms with Crippen LogP contribution in [-0.4, -0.2) is 11.8 Å². The van der Waals surface area contributed by atoms with Crippen molar-refractivity contribution in [3.05, 3.63) is 101 Å². The van der Waals surface area contributed by atoms with Gasteiger partial charge in [-0.25, -0.2) is 8.78 Å². The largest absolute Gasteiger partial charge is 0.345 e. The van der Waals surface area contributed by atoms with Gasteiger partial charge in [0.25, 0.3) is 5.91 Å². The Morgan fingerprint density at radius 2 is 1.62 bits per heavy atom. The average molecular weight is 415 g/mol. The number of carbonyl (C=O) groups excluding carboxylic acids is 2. The molecule has 0 saturated heterocycles. The molecule has 0 aliphatic heterocycles. The lowest BCUT2D eigenvalue weighted by molar-refractivity contribution is -0.116. The molecule has 0 bridgehead atoms. The number of rotatable bonds is 6. The average Bonchev–Trinajstić information content (AvgIpc) is 2.70. The van der Waals surface area contributed by atoms with E-state index in [0.717, 1.165) is 12.1 Å². The highest BCUT2D eigenvalue weighted by Crippen LogP contribution is 2.22. The van der Waals surface area contributed by atoms with Crippen LogP contribution in [0.4, 0.5) is 14.5 Å². The molecule has 29 heavy (non-hydrogen) atoms. The van der Waals surface area contributed by atoms with E-state index >= 15 is 0 Å². The Hall–Kier alpha value is -3.25. The van der Waals surface area contributed by atoms with Crippen LogP contribution in [0.25, 0.3) is 0 Å². The van der Waals surface area contributed by atoms with Crippen LogP contribution in [0.1, 0.15) is 28.4 Å². The minimum absolute atomic E-state index is 0.138. The van der Waals surface area contributed by atoms with Gasteiger partial charge in [-0.3, -0.25) is 9.59 Å². The molecule has 1 unspecified atom stereocenters. The molecule has 2 amide bonds. The van der Waals surface area contributed by atoms with E-state index in [1.807, 2.05) is 6.07 Å². The molecule has 0 radical (unpaired) electrons. The van der Waals surface area contributed by atoms with E-state index in [9.17, 15) is 18.4 Å². The molecule has 0 saturated carbocycles. The Labute approximate surface area is 171 Å². The summed E-state index contributed by atoms with van der Waals surface area (Å²) in [4.78, 5) is 25.1. The van der Waals surface area contributed by atoms with E-state index in [-0.39, 0.29) is 22.7 Å². The van der Waals surface area contributed by atoms with Crippen LogP contribution >= 0.6 is 11.6 Å². The van der Waals surface area contributed by atoms with Crippen LogP contribution in [-0.2, 0) is 4.79 Å². The first-order chi connectivity index (χ1) is 13.9. The third-order valence-corrected chi connectivity index (χ3v) is 4.55. The van der Waals surface area contributed by atoms with Crippen molar-refractivity contribution in [3.8, 4) is 0 Å². The molecule has 0 fully saturated rings. The van der Waals surface area contributed by atoms with Crippen LogP contribution in [0, 0.1) is 11.6 Å². The van der Waals surface area contributed by atoms with Crippen LogP contribution in [0.2, 0.25) is 5.02 Å². The molecule has 0 aliphatic carbocycles. The first-order valence-electron chi connectivity index (χ1n) is 8.79. The van der Waals surface area contributed by atoms with Gasteiger partial charge in [0.2, 0.25) is 5.91 Å². The zero-order chi connectivity index (χ0) is 20.8. The summed E-state index contributed by atoms with van der Waals surface area (Å²) in [5.74, 6) is -2.60. The quantitative estimate of drug-likeness (QED) is 0.588. The Kier molecular flexibility index (Phi) is 6.57. The van der Waals surface area contributed by atoms with E-state index in [2.05, 4.69) is 10.6 Å². The number of anilines is 1. The third-order valence-electron chi connectivity index (χ3n) is 4.22. The minimum Gasteiger partial charge on any atom is -0.345 e. The van der Waals surface area contributed by atoms with Crippen molar-refractivity contribution in [2.75, 3.05) is 5.32 Å². The lowest BCUT2D eigenvalue weighted by atomic mass is 10.0. The Morgan fingerprint density at radius 1 is 0.931 bits per heavy atom. The first-order valence-corrected chi connectivity index (χ1v) is 9.17. The molecular formula is C22H17ClF2N2O2. The van der Waals surface area contributed by atoms with Gasteiger partial charge in [-0.05, 0) is 29.8 Å². The highest BCUT2D eigenvalue weighted by Gasteiger charge is 2.21. The van der Waals surface area contributed by atoms with Crippen molar-refractivity contribution in [2.45, 2.75) is 12.5 Å². The molecule has 0 spiro atoms. The fourth-order valence-corrected chi connectivity index (χ4v) is 3.02. The molecule has 3 rings (SSSR count). The maximum absolute atomic E-state index is 13.8.